The topological polar surface area (TPSA) is 78.1 Å². The predicted molar refractivity (Wildman–Crippen MR) is 79.5 cm³/mol. The second-order valence-electron chi connectivity index (χ2n) is 4.80. The monoisotopic (exact) mass is 285 g/mol. The third kappa shape index (κ3) is 3.37. The number of carbonyl (C=O) groups is 1. The van der Waals surface area contributed by atoms with E-state index in [-0.39, 0.29) is 0 Å². The first-order valence-corrected chi connectivity index (χ1v) is 6.99. The summed E-state index contributed by atoms with van der Waals surface area (Å²) in [7, 11) is 0. The van der Waals surface area contributed by atoms with Crippen LogP contribution < -0.4 is 10.5 Å². The molecule has 0 saturated carbocycles. The van der Waals surface area contributed by atoms with Crippen molar-refractivity contribution in [3.8, 4) is 5.75 Å². The highest BCUT2D eigenvalue weighted by Gasteiger charge is 2.42. The molecule has 2 N–H and O–H groups in total. The fourth-order valence-electron chi connectivity index (χ4n) is 2.18. The lowest BCUT2D eigenvalue weighted by molar-refractivity contribution is -0.135. The van der Waals surface area contributed by atoms with E-state index in [9.17, 15) is 4.79 Å². The Labute approximate surface area is 124 Å². The number of hydrogen-bond acceptors (Lipinski definition) is 4. The molecule has 5 heteroatoms. The van der Waals surface area contributed by atoms with Crippen LogP contribution in [0.25, 0.3) is 0 Å². The van der Waals surface area contributed by atoms with Gasteiger partial charge in [-0.25, -0.2) is 9.97 Å². The first-order valence-electron chi connectivity index (χ1n) is 6.99. The molecule has 0 saturated heterocycles. The molecule has 0 radical (unpaired) electrons. The minimum Gasteiger partial charge on any atom is -0.471 e. The van der Waals surface area contributed by atoms with Crippen LogP contribution in [0.2, 0.25) is 0 Å². The molecule has 0 bridgehead atoms. The molecule has 1 aromatic carbocycles. The molecule has 0 spiro atoms. The van der Waals surface area contributed by atoms with E-state index < -0.39 is 11.5 Å². The zero-order valence-corrected chi connectivity index (χ0v) is 12.0. The van der Waals surface area contributed by atoms with E-state index in [1.165, 1.54) is 6.33 Å². The van der Waals surface area contributed by atoms with E-state index in [2.05, 4.69) is 9.97 Å². The van der Waals surface area contributed by atoms with Crippen LogP contribution in [-0.2, 0) is 10.4 Å². The van der Waals surface area contributed by atoms with Crippen LogP contribution in [0.5, 0.6) is 5.75 Å². The standard InChI is InChI=1S/C16H19N3O2/c1-2-3-10-16(15(17)20,14-9-11-18-12-19-14)21-13-7-5-4-6-8-13/h4-9,11-12H,2-3,10H2,1H3,(H2,17,20). The summed E-state index contributed by atoms with van der Waals surface area (Å²) in [6.45, 7) is 2.05. The Balaban J connectivity index is 2.43. The van der Waals surface area contributed by atoms with Gasteiger partial charge in [-0.1, -0.05) is 31.5 Å². The first-order chi connectivity index (χ1) is 10.2. The summed E-state index contributed by atoms with van der Waals surface area (Å²) < 4.78 is 5.99. The number of carbonyl (C=O) groups excluding carboxylic acids is 1. The Bertz CT molecular complexity index is 575. The first kappa shape index (κ1) is 15.0. The van der Waals surface area contributed by atoms with Crippen LogP contribution in [0.3, 0.4) is 0 Å². The maximum absolute atomic E-state index is 12.2. The van der Waals surface area contributed by atoms with Gasteiger partial charge in [0.15, 0.2) is 0 Å². The van der Waals surface area contributed by atoms with Crippen LogP contribution in [0.1, 0.15) is 31.9 Å². The van der Waals surface area contributed by atoms with Crippen molar-refractivity contribution >= 4 is 5.91 Å². The number of nitrogens with zero attached hydrogens (tertiary/aromatic N) is 2. The Kier molecular flexibility index (Phi) is 4.87. The van der Waals surface area contributed by atoms with Crippen molar-refractivity contribution < 1.29 is 9.53 Å². The number of benzene rings is 1. The van der Waals surface area contributed by atoms with Crippen LogP contribution in [0, 0.1) is 0 Å². The fraction of sp³-hybridized carbons (Fsp3) is 0.312. The Morgan fingerprint density at radius 1 is 1.29 bits per heavy atom. The molecule has 1 aromatic heterocycles. The smallest absolute Gasteiger partial charge is 0.268 e. The van der Waals surface area contributed by atoms with Gasteiger partial charge in [0.2, 0.25) is 5.60 Å². The lowest BCUT2D eigenvalue weighted by Gasteiger charge is -2.30. The highest BCUT2D eigenvalue weighted by Crippen LogP contribution is 2.31. The SMILES string of the molecule is CCCCC(Oc1ccccc1)(C(N)=O)c1ccncn1. The van der Waals surface area contributed by atoms with Crippen molar-refractivity contribution in [1.29, 1.82) is 0 Å². The number of nitrogens with two attached hydrogens (primary N) is 1. The molecule has 1 amide bonds. The Hall–Kier alpha value is -2.43. The zero-order valence-electron chi connectivity index (χ0n) is 12.0. The lowest BCUT2D eigenvalue weighted by atomic mass is 9.91. The van der Waals surface area contributed by atoms with E-state index in [0.29, 0.717) is 17.9 Å². The van der Waals surface area contributed by atoms with Crippen molar-refractivity contribution in [3.63, 3.8) is 0 Å². The summed E-state index contributed by atoms with van der Waals surface area (Å²) >= 11 is 0. The predicted octanol–water partition coefficient (Wildman–Crippen LogP) is 2.43. The molecule has 1 heterocycles. The molecule has 0 fully saturated rings. The van der Waals surface area contributed by atoms with Gasteiger partial charge in [-0.2, -0.15) is 0 Å². The number of hydrogen-bond donors (Lipinski definition) is 1. The maximum atomic E-state index is 12.2. The molecule has 1 unspecified atom stereocenters. The molecular formula is C16H19N3O2. The van der Waals surface area contributed by atoms with E-state index >= 15 is 0 Å². The van der Waals surface area contributed by atoms with Gasteiger partial charge in [-0.15, -0.1) is 0 Å². The number of unbranched alkanes of at least 4 members (excludes halogenated alkanes) is 1. The third-order valence-corrected chi connectivity index (χ3v) is 3.31. The molecule has 0 aliphatic heterocycles. The van der Waals surface area contributed by atoms with Gasteiger partial charge in [-0.05, 0) is 24.6 Å². The summed E-state index contributed by atoms with van der Waals surface area (Å²) in [5.74, 6) is 0.0459. The summed E-state index contributed by atoms with van der Waals surface area (Å²) in [6.07, 6.45) is 5.19. The van der Waals surface area contributed by atoms with Crippen molar-refractivity contribution in [2.45, 2.75) is 31.8 Å². The zero-order chi connectivity index (χ0) is 15.1. The second-order valence-corrected chi connectivity index (χ2v) is 4.80. The summed E-state index contributed by atoms with van der Waals surface area (Å²) in [5.41, 5.74) is 4.89. The van der Waals surface area contributed by atoms with Gasteiger partial charge < -0.3 is 10.5 Å². The average Bonchev–Trinajstić information content (AvgIpc) is 2.53. The summed E-state index contributed by atoms with van der Waals surface area (Å²) in [6, 6.07) is 10.8. The summed E-state index contributed by atoms with van der Waals surface area (Å²) in [4.78, 5) is 20.2. The van der Waals surface area contributed by atoms with Crippen LogP contribution in [0.4, 0.5) is 0 Å². The quantitative estimate of drug-likeness (QED) is 0.847. The van der Waals surface area contributed by atoms with E-state index in [0.717, 1.165) is 12.8 Å². The maximum Gasteiger partial charge on any atom is 0.268 e. The summed E-state index contributed by atoms with van der Waals surface area (Å²) in [5, 5.41) is 0. The molecule has 5 nitrogen and oxygen atoms in total. The van der Waals surface area contributed by atoms with E-state index in [4.69, 9.17) is 10.5 Å². The Morgan fingerprint density at radius 2 is 2.05 bits per heavy atom. The van der Waals surface area contributed by atoms with Crippen LogP contribution in [-0.4, -0.2) is 15.9 Å². The van der Waals surface area contributed by atoms with Crippen molar-refractivity contribution in [2.75, 3.05) is 0 Å². The van der Waals surface area contributed by atoms with Gasteiger partial charge in [0.25, 0.3) is 5.91 Å². The minimum atomic E-state index is -1.26. The lowest BCUT2D eigenvalue weighted by Crippen LogP contribution is -2.47. The van der Waals surface area contributed by atoms with Gasteiger partial charge in [0, 0.05) is 12.6 Å². The van der Waals surface area contributed by atoms with Crippen molar-refractivity contribution in [1.82, 2.24) is 9.97 Å². The molecule has 0 aliphatic carbocycles. The van der Waals surface area contributed by atoms with Gasteiger partial charge >= 0.3 is 0 Å². The number of ether oxygens (including phenoxy) is 1. The molecular weight excluding hydrogens is 266 g/mol. The fourth-order valence-corrected chi connectivity index (χ4v) is 2.18. The Morgan fingerprint density at radius 3 is 2.62 bits per heavy atom. The number of primary amides is 1. The normalized spacial score (nSPS) is 13.4. The largest absolute Gasteiger partial charge is 0.471 e. The van der Waals surface area contributed by atoms with Gasteiger partial charge in [0.1, 0.15) is 12.1 Å². The van der Waals surface area contributed by atoms with Gasteiger partial charge in [0.05, 0.1) is 5.69 Å². The molecule has 21 heavy (non-hydrogen) atoms. The average molecular weight is 285 g/mol. The van der Waals surface area contributed by atoms with Crippen molar-refractivity contribution in [3.05, 3.63) is 54.6 Å². The number of aromatic nitrogens is 2. The van der Waals surface area contributed by atoms with Crippen molar-refractivity contribution in [2.24, 2.45) is 5.73 Å². The molecule has 2 rings (SSSR count). The van der Waals surface area contributed by atoms with E-state index in [1.54, 1.807) is 24.4 Å². The number of amides is 1. The highest BCUT2D eigenvalue weighted by molar-refractivity contribution is 5.84. The molecule has 2 aromatic rings. The third-order valence-electron chi connectivity index (χ3n) is 3.31. The van der Waals surface area contributed by atoms with E-state index in [1.807, 2.05) is 25.1 Å². The minimum absolute atomic E-state index is 0.477. The van der Waals surface area contributed by atoms with Crippen LogP contribution >= 0.6 is 0 Å². The number of rotatable bonds is 7. The second kappa shape index (κ2) is 6.83. The highest BCUT2D eigenvalue weighted by atomic mass is 16.5. The molecule has 110 valence electrons. The molecule has 1 atom stereocenters. The molecule has 0 aliphatic rings. The number of para-hydroxylation sites is 1. The van der Waals surface area contributed by atoms with Gasteiger partial charge in [-0.3, -0.25) is 4.79 Å². The van der Waals surface area contributed by atoms with Crippen LogP contribution in [0.15, 0.2) is 48.9 Å².